The van der Waals surface area contributed by atoms with E-state index in [4.69, 9.17) is 0 Å². The second kappa shape index (κ2) is 5.20. The summed E-state index contributed by atoms with van der Waals surface area (Å²) in [6.45, 7) is 1.79. The minimum absolute atomic E-state index is 0.0687. The van der Waals surface area contributed by atoms with Gasteiger partial charge in [-0.15, -0.1) is 0 Å². The summed E-state index contributed by atoms with van der Waals surface area (Å²) in [7, 11) is 2.10. The van der Waals surface area contributed by atoms with Gasteiger partial charge in [0.2, 0.25) is 0 Å². The largest absolute Gasteiger partial charge is 0.301 e. The molecule has 1 aliphatic rings. The van der Waals surface area contributed by atoms with Gasteiger partial charge in [0.05, 0.1) is 11.5 Å². The van der Waals surface area contributed by atoms with E-state index in [2.05, 4.69) is 52.1 Å². The van der Waals surface area contributed by atoms with Gasteiger partial charge in [0.1, 0.15) is 0 Å². The van der Waals surface area contributed by atoms with Crippen molar-refractivity contribution in [2.45, 2.75) is 25.8 Å². The fraction of sp³-hybridized carbons (Fsp3) is 0.500. The van der Waals surface area contributed by atoms with Gasteiger partial charge in [-0.3, -0.25) is 0 Å². The van der Waals surface area contributed by atoms with E-state index in [1.54, 1.807) is 0 Å². The third-order valence-electron chi connectivity index (χ3n) is 3.46. The van der Waals surface area contributed by atoms with Crippen molar-refractivity contribution < 1.29 is 0 Å². The van der Waals surface area contributed by atoms with Crippen molar-refractivity contribution in [3.63, 3.8) is 0 Å². The maximum Gasteiger partial charge on any atom is 0.0703 e. The Bertz CT molecular complexity index is 432. The fourth-order valence-corrected chi connectivity index (χ4v) is 2.88. The first-order chi connectivity index (χ1) is 8.13. The van der Waals surface area contributed by atoms with E-state index in [1.165, 1.54) is 12.0 Å². The SMILES string of the molecule is CN(Cc1cccc(Br)c1)CC1(C#N)CCC1. The van der Waals surface area contributed by atoms with E-state index in [0.717, 1.165) is 30.4 Å². The Morgan fingerprint density at radius 2 is 2.24 bits per heavy atom. The van der Waals surface area contributed by atoms with Crippen molar-refractivity contribution in [1.29, 1.82) is 5.26 Å². The molecule has 1 aromatic carbocycles. The number of hydrogen-bond acceptors (Lipinski definition) is 2. The summed E-state index contributed by atoms with van der Waals surface area (Å²) in [4.78, 5) is 2.25. The molecular formula is C14H17BrN2. The standard InChI is InChI=1S/C14H17BrN2/c1-17(11-14(10-16)6-3-7-14)9-12-4-2-5-13(15)8-12/h2,4-5,8H,3,6-7,9,11H2,1H3. The molecule has 1 saturated carbocycles. The van der Waals surface area contributed by atoms with Crippen molar-refractivity contribution in [2.24, 2.45) is 5.41 Å². The maximum atomic E-state index is 9.21. The van der Waals surface area contributed by atoms with E-state index in [1.807, 2.05) is 6.07 Å². The molecule has 0 N–H and O–H groups in total. The van der Waals surface area contributed by atoms with Gasteiger partial charge in [-0.2, -0.15) is 5.26 Å². The lowest BCUT2D eigenvalue weighted by Gasteiger charge is -2.38. The zero-order valence-electron chi connectivity index (χ0n) is 10.1. The lowest BCUT2D eigenvalue weighted by atomic mass is 9.69. The summed E-state index contributed by atoms with van der Waals surface area (Å²) in [6, 6.07) is 10.8. The lowest BCUT2D eigenvalue weighted by molar-refractivity contribution is 0.134. The monoisotopic (exact) mass is 292 g/mol. The van der Waals surface area contributed by atoms with E-state index in [9.17, 15) is 5.26 Å². The van der Waals surface area contributed by atoms with Crippen molar-refractivity contribution in [2.75, 3.05) is 13.6 Å². The average Bonchev–Trinajstić information content (AvgIpc) is 2.23. The van der Waals surface area contributed by atoms with Crippen LogP contribution in [0.5, 0.6) is 0 Å². The van der Waals surface area contributed by atoms with Crippen LogP contribution in [0.25, 0.3) is 0 Å². The Morgan fingerprint density at radius 3 is 2.76 bits per heavy atom. The number of benzene rings is 1. The van der Waals surface area contributed by atoms with E-state index in [-0.39, 0.29) is 5.41 Å². The number of nitriles is 1. The highest BCUT2D eigenvalue weighted by atomic mass is 79.9. The van der Waals surface area contributed by atoms with Gasteiger partial charge in [0.15, 0.2) is 0 Å². The molecule has 0 radical (unpaired) electrons. The van der Waals surface area contributed by atoms with Gasteiger partial charge in [0.25, 0.3) is 0 Å². The van der Waals surface area contributed by atoms with Gasteiger partial charge in [-0.05, 0) is 37.6 Å². The topological polar surface area (TPSA) is 27.0 Å². The van der Waals surface area contributed by atoms with Crippen molar-refractivity contribution in [3.8, 4) is 6.07 Å². The lowest BCUT2D eigenvalue weighted by Crippen LogP contribution is -2.39. The highest BCUT2D eigenvalue weighted by Crippen LogP contribution is 2.40. The molecule has 0 atom stereocenters. The van der Waals surface area contributed by atoms with Crippen LogP contribution in [0.1, 0.15) is 24.8 Å². The molecule has 0 spiro atoms. The molecule has 0 aliphatic heterocycles. The number of rotatable bonds is 4. The average molecular weight is 293 g/mol. The van der Waals surface area contributed by atoms with Crippen LogP contribution in [0.3, 0.4) is 0 Å². The zero-order valence-corrected chi connectivity index (χ0v) is 11.7. The number of nitrogens with zero attached hydrogens (tertiary/aromatic N) is 2. The Hall–Kier alpha value is -0.850. The molecule has 0 saturated heterocycles. The Morgan fingerprint density at radius 1 is 1.47 bits per heavy atom. The van der Waals surface area contributed by atoms with Crippen LogP contribution in [-0.4, -0.2) is 18.5 Å². The van der Waals surface area contributed by atoms with Crippen molar-refractivity contribution in [3.05, 3.63) is 34.3 Å². The highest BCUT2D eigenvalue weighted by Gasteiger charge is 2.37. The van der Waals surface area contributed by atoms with Crippen molar-refractivity contribution in [1.82, 2.24) is 4.90 Å². The first kappa shape index (κ1) is 12.6. The summed E-state index contributed by atoms with van der Waals surface area (Å²) in [6.07, 6.45) is 3.33. The number of halogens is 1. The summed E-state index contributed by atoms with van der Waals surface area (Å²) in [5.74, 6) is 0. The Labute approximate surface area is 111 Å². The van der Waals surface area contributed by atoms with E-state index in [0.29, 0.717) is 0 Å². The van der Waals surface area contributed by atoms with Crippen LogP contribution in [0.15, 0.2) is 28.7 Å². The third-order valence-corrected chi connectivity index (χ3v) is 3.96. The second-order valence-corrected chi connectivity index (χ2v) is 5.96. The third kappa shape index (κ3) is 3.08. The molecule has 1 fully saturated rings. The summed E-state index contributed by atoms with van der Waals surface area (Å²) in [5.41, 5.74) is 1.22. The highest BCUT2D eigenvalue weighted by molar-refractivity contribution is 9.10. The quantitative estimate of drug-likeness (QED) is 0.848. The van der Waals surface area contributed by atoms with Crippen LogP contribution < -0.4 is 0 Å². The normalized spacial score (nSPS) is 17.5. The molecule has 90 valence electrons. The van der Waals surface area contributed by atoms with Gasteiger partial charge >= 0.3 is 0 Å². The second-order valence-electron chi connectivity index (χ2n) is 5.05. The molecule has 1 aromatic rings. The van der Waals surface area contributed by atoms with Gasteiger partial charge < -0.3 is 4.90 Å². The van der Waals surface area contributed by atoms with Crippen LogP contribution in [0, 0.1) is 16.7 Å². The minimum atomic E-state index is -0.0687. The number of hydrogen-bond donors (Lipinski definition) is 0. The summed E-state index contributed by atoms with van der Waals surface area (Å²) < 4.78 is 1.11. The van der Waals surface area contributed by atoms with Gasteiger partial charge in [-0.1, -0.05) is 34.5 Å². The Kier molecular flexibility index (Phi) is 3.86. The first-order valence-corrected chi connectivity index (χ1v) is 6.77. The van der Waals surface area contributed by atoms with Crippen LogP contribution in [0.2, 0.25) is 0 Å². The molecule has 0 amide bonds. The molecule has 3 heteroatoms. The molecule has 0 aromatic heterocycles. The van der Waals surface area contributed by atoms with Crippen LogP contribution >= 0.6 is 15.9 Å². The Balaban J connectivity index is 1.93. The fourth-order valence-electron chi connectivity index (χ4n) is 2.43. The van der Waals surface area contributed by atoms with Crippen LogP contribution in [-0.2, 0) is 6.54 Å². The molecule has 2 rings (SSSR count). The molecular weight excluding hydrogens is 276 g/mol. The molecule has 0 heterocycles. The maximum absolute atomic E-state index is 9.21. The summed E-state index contributed by atoms with van der Waals surface area (Å²) >= 11 is 3.48. The van der Waals surface area contributed by atoms with Gasteiger partial charge in [-0.25, -0.2) is 0 Å². The van der Waals surface area contributed by atoms with Crippen molar-refractivity contribution >= 4 is 15.9 Å². The molecule has 17 heavy (non-hydrogen) atoms. The van der Waals surface area contributed by atoms with E-state index >= 15 is 0 Å². The molecule has 0 unspecified atom stereocenters. The van der Waals surface area contributed by atoms with E-state index < -0.39 is 0 Å². The zero-order chi connectivity index (χ0) is 12.3. The minimum Gasteiger partial charge on any atom is -0.301 e. The predicted octanol–water partition coefficient (Wildman–Crippen LogP) is 3.57. The predicted molar refractivity (Wildman–Crippen MR) is 72.4 cm³/mol. The van der Waals surface area contributed by atoms with Gasteiger partial charge in [0, 0.05) is 17.6 Å². The summed E-state index contributed by atoms with van der Waals surface area (Å²) in [5, 5.41) is 9.21. The van der Waals surface area contributed by atoms with Crippen LogP contribution in [0.4, 0.5) is 0 Å². The molecule has 1 aliphatic carbocycles. The smallest absolute Gasteiger partial charge is 0.0703 e. The molecule has 0 bridgehead atoms. The first-order valence-electron chi connectivity index (χ1n) is 5.98. The molecule has 2 nitrogen and oxygen atoms in total.